The molecule has 2 N–H and O–H groups in total. The average Bonchev–Trinajstić information content (AvgIpc) is 2.45. The lowest BCUT2D eigenvalue weighted by Crippen LogP contribution is -2.37. The lowest BCUT2D eigenvalue weighted by Gasteiger charge is -2.14. The summed E-state index contributed by atoms with van der Waals surface area (Å²) in [4.78, 5) is 21.6. The minimum atomic E-state index is -5.11. The molecule has 0 heterocycles. The highest BCUT2D eigenvalue weighted by Crippen LogP contribution is 2.21. The molecular weight excluding hydrogens is 354 g/mol. The fourth-order valence-electron chi connectivity index (χ4n) is 1.33. The maximum Gasteiger partial charge on any atom is 0.425 e. The van der Waals surface area contributed by atoms with Crippen molar-refractivity contribution in [3.05, 3.63) is 0 Å². The third-order valence-electron chi connectivity index (χ3n) is 2.59. The quantitative estimate of drug-likeness (QED) is 0.363. The minimum absolute atomic E-state index is 0.148. The number of carbonyl (C=O) groups excluding carboxylic acids is 2. The summed E-state index contributed by atoms with van der Waals surface area (Å²) in [5.41, 5.74) is 0. The first-order chi connectivity index (χ1) is 10.9. The van der Waals surface area contributed by atoms with Crippen LogP contribution in [0.2, 0.25) is 0 Å². The van der Waals surface area contributed by atoms with Gasteiger partial charge < -0.3 is 19.7 Å². The van der Waals surface area contributed by atoms with Gasteiger partial charge in [0, 0.05) is 0 Å². The third-order valence-corrected chi connectivity index (χ3v) is 2.59. The van der Waals surface area contributed by atoms with Gasteiger partial charge in [-0.2, -0.15) is 26.3 Å². The molecule has 0 rings (SSSR count). The van der Waals surface area contributed by atoms with E-state index >= 15 is 0 Å². The van der Waals surface area contributed by atoms with Crippen LogP contribution in [0.1, 0.15) is 25.7 Å². The van der Waals surface area contributed by atoms with Crippen molar-refractivity contribution in [3.8, 4) is 0 Å². The van der Waals surface area contributed by atoms with Crippen LogP contribution >= 0.6 is 0 Å². The molecular formula is C12H16F6O6. The van der Waals surface area contributed by atoms with Crippen molar-refractivity contribution < 1.29 is 55.6 Å². The summed E-state index contributed by atoms with van der Waals surface area (Å²) in [6.45, 7) is -0.753. The number of aliphatic hydroxyl groups excluding tert-OH is 2. The Labute approximate surface area is 132 Å². The monoisotopic (exact) mass is 370 g/mol. The molecule has 0 radical (unpaired) electrons. The Hall–Kier alpha value is -1.56. The lowest BCUT2D eigenvalue weighted by atomic mass is 10.2. The van der Waals surface area contributed by atoms with Gasteiger partial charge >= 0.3 is 24.3 Å². The van der Waals surface area contributed by atoms with E-state index in [2.05, 4.69) is 9.47 Å². The van der Waals surface area contributed by atoms with Crippen LogP contribution in [-0.2, 0) is 19.1 Å². The van der Waals surface area contributed by atoms with E-state index in [1.807, 2.05) is 0 Å². The van der Waals surface area contributed by atoms with Crippen LogP contribution in [0.3, 0.4) is 0 Å². The summed E-state index contributed by atoms with van der Waals surface area (Å²) in [5, 5.41) is 17.1. The summed E-state index contributed by atoms with van der Waals surface area (Å²) < 4.78 is 80.0. The van der Waals surface area contributed by atoms with E-state index in [4.69, 9.17) is 10.2 Å². The van der Waals surface area contributed by atoms with E-state index in [0.717, 1.165) is 0 Å². The van der Waals surface area contributed by atoms with Crippen LogP contribution in [-0.4, -0.2) is 59.9 Å². The van der Waals surface area contributed by atoms with Crippen molar-refractivity contribution in [2.45, 2.75) is 50.2 Å². The van der Waals surface area contributed by atoms with E-state index in [1.54, 1.807) is 0 Å². The van der Waals surface area contributed by atoms with Gasteiger partial charge in [-0.1, -0.05) is 0 Å². The van der Waals surface area contributed by atoms with Crippen LogP contribution in [0.15, 0.2) is 0 Å². The molecule has 0 aliphatic rings. The van der Waals surface area contributed by atoms with E-state index in [0.29, 0.717) is 12.8 Å². The second kappa shape index (κ2) is 9.67. The van der Waals surface area contributed by atoms with Gasteiger partial charge in [0.1, 0.15) is 0 Å². The highest BCUT2D eigenvalue weighted by atomic mass is 19.4. The molecule has 0 saturated carbocycles. The molecule has 0 saturated heterocycles. The number of ether oxygens (including phenoxy) is 2. The van der Waals surface area contributed by atoms with Gasteiger partial charge in [0.15, 0.2) is 0 Å². The summed E-state index contributed by atoms with van der Waals surface area (Å²) in [5.74, 6) is -3.64. The van der Waals surface area contributed by atoms with Gasteiger partial charge in [-0.3, -0.25) is 0 Å². The highest BCUT2D eigenvalue weighted by Gasteiger charge is 2.45. The first-order valence-electron chi connectivity index (χ1n) is 6.70. The molecule has 6 nitrogen and oxygen atoms in total. The van der Waals surface area contributed by atoms with Gasteiger partial charge in [0.05, 0.1) is 13.2 Å². The SMILES string of the molecule is O=C(OCCCCCCOC(=O)[C@@H](O)C(F)(F)F)[C@@H](O)C(F)(F)F. The molecule has 0 aromatic heterocycles. The molecule has 0 bridgehead atoms. The molecule has 0 amide bonds. The fraction of sp³-hybridized carbons (Fsp3) is 0.833. The summed E-state index contributed by atoms with van der Waals surface area (Å²) in [6, 6.07) is 0. The number of halogens is 6. The molecule has 0 aromatic rings. The second-order valence-electron chi connectivity index (χ2n) is 4.64. The Morgan fingerprint density at radius 2 is 1.00 bits per heavy atom. The van der Waals surface area contributed by atoms with Gasteiger partial charge in [-0.25, -0.2) is 9.59 Å². The zero-order chi connectivity index (χ0) is 19.0. The number of alkyl halides is 6. The van der Waals surface area contributed by atoms with Crippen molar-refractivity contribution in [2.24, 2.45) is 0 Å². The van der Waals surface area contributed by atoms with Crippen molar-refractivity contribution in [1.29, 1.82) is 0 Å². The van der Waals surface area contributed by atoms with Gasteiger partial charge in [0.2, 0.25) is 12.2 Å². The van der Waals surface area contributed by atoms with Crippen LogP contribution in [0.4, 0.5) is 26.3 Å². The number of carbonyl (C=O) groups is 2. The molecule has 0 aliphatic carbocycles. The van der Waals surface area contributed by atoms with E-state index < -0.39 is 36.5 Å². The maximum absolute atomic E-state index is 11.9. The van der Waals surface area contributed by atoms with Gasteiger partial charge in [-0.05, 0) is 25.7 Å². The molecule has 12 heteroatoms. The molecule has 0 aromatic carbocycles. The van der Waals surface area contributed by atoms with Crippen molar-refractivity contribution >= 4 is 11.9 Å². The Morgan fingerprint density at radius 1 is 0.708 bits per heavy atom. The molecule has 0 fully saturated rings. The van der Waals surface area contributed by atoms with E-state index in [1.165, 1.54) is 0 Å². The van der Waals surface area contributed by atoms with Crippen LogP contribution in [0, 0.1) is 0 Å². The van der Waals surface area contributed by atoms with E-state index in [9.17, 15) is 35.9 Å². The summed E-state index contributed by atoms with van der Waals surface area (Å²) in [7, 11) is 0. The minimum Gasteiger partial charge on any atom is -0.464 e. The van der Waals surface area contributed by atoms with Crippen LogP contribution in [0.5, 0.6) is 0 Å². The first kappa shape index (κ1) is 22.4. The second-order valence-corrected chi connectivity index (χ2v) is 4.64. The summed E-state index contributed by atoms with van der Waals surface area (Å²) in [6.07, 6.45) is -15.7. The number of esters is 2. The van der Waals surface area contributed by atoms with E-state index in [-0.39, 0.29) is 26.1 Å². The largest absolute Gasteiger partial charge is 0.464 e. The Balaban J connectivity index is 3.69. The topological polar surface area (TPSA) is 93.1 Å². The normalized spacial score (nSPS) is 14.8. The van der Waals surface area contributed by atoms with Crippen LogP contribution < -0.4 is 0 Å². The standard InChI is InChI=1S/C12H16F6O6/c13-11(14,15)7(19)9(21)23-5-3-1-2-4-6-24-10(22)8(20)12(16,17)18/h7-8,19-20H,1-6H2/t7-,8-/m1/s1. The van der Waals surface area contributed by atoms with Crippen molar-refractivity contribution in [2.75, 3.05) is 13.2 Å². The Kier molecular flexibility index (Phi) is 9.04. The molecule has 142 valence electrons. The molecule has 0 unspecified atom stereocenters. The van der Waals surface area contributed by atoms with Crippen LogP contribution in [0.25, 0.3) is 0 Å². The number of rotatable bonds is 9. The smallest absolute Gasteiger partial charge is 0.425 e. The Morgan fingerprint density at radius 3 is 1.25 bits per heavy atom. The van der Waals surface area contributed by atoms with Crippen molar-refractivity contribution in [1.82, 2.24) is 0 Å². The molecule has 24 heavy (non-hydrogen) atoms. The zero-order valence-corrected chi connectivity index (χ0v) is 12.2. The number of hydrogen-bond donors (Lipinski definition) is 2. The predicted octanol–water partition coefficient (Wildman–Crippen LogP) is 1.48. The zero-order valence-electron chi connectivity index (χ0n) is 12.2. The summed E-state index contributed by atoms with van der Waals surface area (Å²) >= 11 is 0. The highest BCUT2D eigenvalue weighted by molar-refractivity contribution is 5.75. The third kappa shape index (κ3) is 8.91. The number of unbranched alkanes of at least 4 members (excludes halogenated alkanes) is 3. The molecule has 0 aliphatic heterocycles. The first-order valence-corrected chi connectivity index (χ1v) is 6.70. The number of hydrogen-bond acceptors (Lipinski definition) is 6. The maximum atomic E-state index is 11.9. The van der Waals surface area contributed by atoms with Gasteiger partial charge in [0.25, 0.3) is 0 Å². The molecule has 0 spiro atoms. The predicted molar refractivity (Wildman–Crippen MR) is 64.5 cm³/mol. The fourth-order valence-corrected chi connectivity index (χ4v) is 1.33. The van der Waals surface area contributed by atoms with Gasteiger partial charge in [-0.15, -0.1) is 0 Å². The lowest BCUT2D eigenvalue weighted by molar-refractivity contribution is -0.219. The average molecular weight is 370 g/mol. The molecule has 2 atom stereocenters. The number of aliphatic hydroxyl groups is 2. The Bertz CT molecular complexity index is 370. The van der Waals surface area contributed by atoms with Crippen molar-refractivity contribution in [3.63, 3.8) is 0 Å².